The molecule has 0 amide bonds. The van der Waals surface area contributed by atoms with Gasteiger partial charge < -0.3 is 15.4 Å². The van der Waals surface area contributed by atoms with E-state index in [0.717, 1.165) is 14.5 Å². The first-order chi connectivity index (χ1) is 10.8. The minimum absolute atomic E-state index is 0.0585. The van der Waals surface area contributed by atoms with Gasteiger partial charge in [-0.15, -0.1) is 0 Å². The standard InChI is InChI=1S/C8H8BrNO2.C8H7BrO2/c1-5-2-7(9)3-6(4-10-12)8(5)11;1-5-2-7(9)3-6(4-10)8(5)11/h2-4,11-12H,1H3;2-4,11H,1H3/b10-4+;. The van der Waals surface area contributed by atoms with Gasteiger partial charge in [0.25, 0.3) is 0 Å². The Labute approximate surface area is 150 Å². The maximum atomic E-state index is 10.4. The van der Waals surface area contributed by atoms with Crippen molar-refractivity contribution in [3.8, 4) is 11.5 Å². The Hall–Kier alpha value is -1.86. The second kappa shape index (κ2) is 8.69. The van der Waals surface area contributed by atoms with E-state index in [2.05, 4.69) is 37.0 Å². The number of carbonyl (C=O) groups is 1. The lowest BCUT2D eigenvalue weighted by Gasteiger charge is -2.02. The van der Waals surface area contributed by atoms with E-state index >= 15 is 0 Å². The van der Waals surface area contributed by atoms with E-state index in [1.807, 2.05) is 0 Å². The van der Waals surface area contributed by atoms with E-state index < -0.39 is 0 Å². The second-order valence-electron chi connectivity index (χ2n) is 4.68. The molecular weight excluding hydrogens is 430 g/mol. The minimum atomic E-state index is 0.0585. The zero-order chi connectivity index (χ0) is 17.6. The number of halogens is 2. The number of rotatable bonds is 2. The van der Waals surface area contributed by atoms with Crippen LogP contribution in [0.1, 0.15) is 27.0 Å². The largest absolute Gasteiger partial charge is 0.507 e. The van der Waals surface area contributed by atoms with Crippen molar-refractivity contribution in [1.82, 2.24) is 0 Å². The molecule has 122 valence electrons. The number of benzene rings is 2. The van der Waals surface area contributed by atoms with Crippen LogP contribution < -0.4 is 0 Å². The van der Waals surface area contributed by atoms with Crippen LogP contribution in [0.2, 0.25) is 0 Å². The van der Waals surface area contributed by atoms with Crippen LogP contribution in [0.15, 0.2) is 38.4 Å². The van der Waals surface area contributed by atoms with Gasteiger partial charge in [0, 0.05) is 14.5 Å². The van der Waals surface area contributed by atoms with E-state index in [4.69, 9.17) is 5.21 Å². The van der Waals surface area contributed by atoms with Crippen molar-refractivity contribution >= 4 is 44.4 Å². The van der Waals surface area contributed by atoms with E-state index in [1.54, 1.807) is 38.1 Å². The highest BCUT2D eigenvalue weighted by atomic mass is 79.9. The highest BCUT2D eigenvalue weighted by Crippen LogP contribution is 2.25. The molecule has 2 aromatic rings. The fraction of sp³-hybridized carbons (Fsp3) is 0.125. The van der Waals surface area contributed by atoms with Crippen LogP contribution in [0.3, 0.4) is 0 Å². The van der Waals surface area contributed by atoms with Crippen molar-refractivity contribution in [3.05, 3.63) is 55.5 Å². The molecule has 0 unspecified atom stereocenters. The molecule has 0 fully saturated rings. The summed E-state index contributed by atoms with van der Waals surface area (Å²) in [5, 5.41) is 29.8. The Balaban J connectivity index is 0.000000231. The molecule has 7 heteroatoms. The van der Waals surface area contributed by atoms with Crippen molar-refractivity contribution < 1.29 is 20.2 Å². The summed E-state index contributed by atoms with van der Waals surface area (Å²) in [6, 6.07) is 6.78. The molecule has 2 rings (SSSR count). The van der Waals surface area contributed by atoms with E-state index in [-0.39, 0.29) is 11.5 Å². The lowest BCUT2D eigenvalue weighted by atomic mass is 10.1. The van der Waals surface area contributed by atoms with Gasteiger partial charge in [-0.05, 0) is 49.2 Å². The van der Waals surface area contributed by atoms with E-state index in [1.165, 1.54) is 6.21 Å². The highest BCUT2D eigenvalue weighted by Gasteiger charge is 2.04. The zero-order valence-electron chi connectivity index (χ0n) is 12.4. The van der Waals surface area contributed by atoms with Crippen LogP contribution in [0.25, 0.3) is 0 Å². The highest BCUT2D eigenvalue weighted by molar-refractivity contribution is 9.10. The number of oxime groups is 1. The van der Waals surface area contributed by atoms with Gasteiger partial charge in [0.2, 0.25) is 0 Å². The third-order valence-electron chi connectivity index (χ3n) is 2.91. The molecule has 5 nitrogen and oxygen atoms in total. The van der Waals surface area contributed by atoms with Crippen LogP contribution in [0.5, 0.6) is 11.5 Å². The molecule has 23 heavy (non-hydrogen) atoms. The molecule has 0 radical (unpaired) electrons. The van der Waals surface area contributed by atoms with Crippen molar-refractivity contribution in [2.75, 3.05) is 0 Å². The number of aldehydes is 1. The summed E-state index contributed by atoms with van der Waals surface area (Å²) in [4.78, 5) is 10.4. The number of phenols is 2. The van der Waals surface area contributed by atoms with Crippen LogP contribution in [-0.4, -0.2) is 27.9 Å². The summed E-state index contributed by atoms with van der Waals surface area (Å²) in [5.41, 5.74) is 2.24. The monoisotopic (exact) mass is 443 g/mol. The molecule has 0 atom stereocenters. The predicted molar refractivity (Wildman–Crippen MR) is 95.9 cm³/mol. The summed E-state index contributed by atoms with van der Waals surface area (Å²) in [6.45, 7) is 3.52. The second-order valence-corrected chi connectivity index (χ2v) is 6.51. The maximum Gasteiger partial charge on any atom is 0.153 e. The van der Waals surface area contributed by atoms with Crippen LogP contribution >= 0.6 is 31.9 Å². The number of nitrogens with zero attached hydrogens (tertiary/aromatic N) is 1. The quantitative estimate of drug-likeness (QED) is 0.274. The van der Waals surface area contributed by atoms with Gasteiger partial charge in [0.05, 0.1) is 11.8 Å². The van der Waals surface area contributed by atoms with Gasteiger partial charge in [0.15, 0.2) is 6.29 Å². The molecule has 0 bridgehead atoms. The third kappa shape index (κ3) is 5.37. The van der Waals surface area contributed by atoms with Crippen LogP contribution in [-0.2, 0) is 0 Å². The topological polar surface area (TPSA) is 90.1 Å². The summed E-state index contributed by atoms with van der Waals surface area (Å²) in [5.74, 6) is 0.194. The lowest BCUT2D eigenvalue weighted by Crippen LogP contribution is -1.85. The fourth-order valence-corrected chi connectivity index (χ4v) is 2.95. The van der Waals surface area contributed by atoms with Gasteiger partial charge in [-0.3, -0.25) is 4.79 Å². The van der Waals surface area contributed by atoms with Crippen LogP contribution in [0.4, 0.5) is 0 Å². The number of carbonyl (C=O) groups excluding carboxylic acids is 1. The van der Waals surface area contributed by atoms with Gasteiger partial charge in [-0.1, -0.05) is 37.0 Å². The molecule has 0 aromatic heterocycles. The number of hydrogen-bond donors (Lipinski definition) is 3. The van der Waals surface area contributed by atoms with Gasteiger partial charge in [-0.25, -0.2) is 0 Å². The van der Waals surface area contributed by atoms with E-state index in [0.29, 0.717) is 23.0 Å². The summed E-state index contributed by atoms with van der Waals surface area (Å²) in [7, 11) is 0. The normalized spacial score (nSPS) is 10.3. The fourth-order valence-electron chi connectivity index (χ4n) is 1.77. The van der Waals surface area contributed by atoms with E-state index in [9.17, 15) is 15.0 Å². The first-order valence-electron chi connectivity index (χ1n) is 6.41. The molecule has 3 N–H and O–H groups in total. The third-order valence-corrected chi connectivity index (χ3v) is 3.83. The zero-order valence-corrected chi connectivity index (χ0v) is 15.6. The smallest absolute Gasteiger partial charge is 0.153 e. The molecule has 0 spiro atoms. The van der Waals surface area contributed by atoms with Gasteiger partial charge >= 0.3 is 0 Å². The predicted octanol–water partition coefficient (Wildman–Crippen LogP) is 4.55. The Morgan fingerprint density at radius 1 is 0.913 bits per heavy atom. The number of aryl methyl sites for hydroxylation is 2. The minimum Gasteiger partial charge on any atom is -0.507 e. The average molecular weight is 445 g/mol. The average Bonchev–Trinajstić information content (AvgIpc) is 2.49. The Morgan fingerprint density at radius 2 is 1.35 bits per heavy atom. The number of aromatic hydroxyl groups is 2. The molecule has 0 aliphatic rings. The Kier molecular flexibility index (Phi) is 7.25. The first-order valence-corrected chi connectivity index (χ1v) is 7.99. The van der Waals surface area contributed by atoms with Crippen LogP contribution in [0, 0.1) is 13.8 Å². The molecule has 0 aliphatic heterocycles. The Morgan fingerprint density at radius 3 is 1.78 bits per heavy atom. The molecule has 0 aliphatic carbocycles. The SMILES string of the molecule is Cc1cc(Br)cc(/C=N/O)c1O.Cc1cc(Br)cc(C=O)c1O. The van der Waals surface area contributed by atoms with Crippen molar-refractivity contribution in [2.24, 2.45) is 5.16 Å². The summed E-state index contributed by atoms with van der Waals surface area (Å²) in [6.07, 6.45) is 1.82. The molecule has 2 aromatic carbocycles. The first kappa shape index (κ1) is 19.2. The maximum absolute atomic E-state index is 10.4. The molecular formula is C16H15Br2NO4. The molecule has 0 saturated heterocycles. The lowest BCUT2D eigenvalue weighted by molar-refractivity contribution is 0.112. The number of phenolic OH excluding ortho intramolecular Hbond substituents is 2. The molecule has 0 heterocycles. The van der Waals surface area contributed by atoms with Crippen molar-refractivity contribution in [2.45, 2.75) is 13.8 Å². The van der Waals surface area contributed by atoms with Crippen molar-refractivity contribution in [1.29, 1.82) is 0 Å². The molecule has 0 saturated carbocycles. The van der Waals surface area contributed by atoms with Crippen molar-refractivity contribution in [3.63, 3.8) is 0 Å². The van der Waals surface area contributed by atoms with Gasteiger partial charge in [-0.2, -0.15) is 0 Å². The summed E-state index contributed by atoms with van der Waals surface area (Å²) < 4.78 is 1.64. The van der Waals surface area contributed by atoms with Gasteiger partial charge in [0.1, 0.15) is 11.5 Å². The Bertz CT molecular complexity index is 745. The summed E-state index contributed by atoms with van der Waals surface area (Å²) >= 11 is 6.48. The number of hydrogen-bond acceptors (Lipinski definition) is 5.